The Labute approximate surface area is 202 Å². The molecule has 2 heteroatoms. The van der Waals surface area contributed by atoms with Gasteiger partial charge in [0.05, 0.1) is 0 Å². The van der Waals surface area contributed by atoms with E-state index >= 15 is 0 Å². The van der Waals surface area contributed by atoms with E-state index in [0.717, 1.165) is 6.42 Å². The van der Waals surface area contributed by atoms with Crippen LogP contribution in [0.2, 0.25) is 0 Å². The summed E-state index contributed by atoms with van der Waals surface area (Å²) in [6, 6.07) is 34.6. The average molecular weight is 455 g/mol. The molecule has 0 saturated heterocycles. The van der Waals surface area contributed by atoms with E-state index < -0.39 is 0 Å². The molecule has 0 aliphatic rings. The Morgan fingerprint density at radius 3 is 2.06 bits per heavy atom. The second-order valence-electron chi connectivity index (χ2n) is 7.05. The van der Waals surface area contributed by atoms with Gasteiger partial charge in [0.15, 0.2) is 0 Å². The van der Waals surface area contributed by atoms with Gasteiger partial charge >= 0.3 is 26.8 Å². The summed E-state index contributed by atoms with van der Waals surface area (Å²) in [5.74, 6) is 0. The minimum atomic E-state index is 0. The van der Waals surface area contributed by atoms with Gasteiger partial charge in [-0.2, -0.15) is 12.1 Å². The first kappa shape index (κ1) is 26.8. The van der Waals surface area contributed by atoms with Gasteiger partial charge in [-0.15, -0.1) is 75.1 Å². The number of aryl methyl sites for hydroxylation is 2. The van der Waals surface area contributed by atoms with Crippen LogP contribution in [0.4, 0.5) is 0 Å². The first-order valence-electron chi connectivity index (χ1n) is 9.85. The minimum absolute atomic E-state index is 0. The molecule has 31 heavy (non-hydrogen) atoms. The van der Waals surface area contributed by atoms with Crippen molar-refractivity contribution in [2.24, 2.45) is 0 Å². The topological polar surface area (TPSA) is 0 Å². The molecule has 5 aromatic rings. The number of benzene rings is 3. The van der Waals surface area contributed by atoms with E-state index in [1.165, 1.54) is 43.8 Å². The van der Waals surface area contributed by atoms with E-state index in [1.807, 2.05) is 0 Å². The molecule has 0 N–H and O–H groups in total. The fraction of sp³-hybridized carbons (Fsp3) is 0.103. The Morgan fingerprint density at radius 1 is 0.742 bits per heavy atom. The van der Waals surface area contributed by atoms with Gasteiger partial charge < -0.3 is 14.9 Å². The van der Waals surface area contributed by atoms with Gasteiger partial charge in [0, 0.05) is 0 Å². The van der Waals surface area contributed by atoms with E-state index in [4.69, 9.17) is 0 Å². The number of rotatable bonds is 2. The third-order valence-corrected chi connectivity index (χ3v) is 5.07. The first-order chi connectivity index (χ1) is 14.2. The van der Waals surface area contributed by atoms with Crippen LogP contribution in [0, 0.1) is 21.8 Å². The molecular weight excluding hydrogens is 424 g/mol. The summed E-state index contributed by atoms with van der Waals surface area (Å²) in [5, 5.41) is 5.42. The Bertz CT molecular complexity index is 1150. The van der Waals surface area contributed by atoms with Gasteiger partial charge in [-0.1, -0.05) is 61.9 Å². The van der Waals surface area contributed by atoms with E-state index in [-0.39, 0.29) is 14.9 Å². The van der Waals surface area contributed by atoms with Crippen molar-refractivity contribution in [2.75, 3.05) is 0 Å². The van der Waals surface area contributed by atoms with Crippen molar-refractivity contribution >= 4 is 29.2 Å². The van der Waals surface area contributed by atoms with Crippen LogP contribution in [0.15, 0.2) is 97.1 Å². The Kier molecular flexibility index (Phi) is 11.5. The monoisotopic (exact) mass is 454 g/mol. The Morgan fingerprint density at radius 2 is 1.39 bits per heavy atom. The molecule has 0 saturated carbocycles. The zero-order valence-electron chi connectivity index (χ0n) is 18.9. The van der Waals surface area contributed by atoms with Gasteiger partial charge in [0.2, 0.25) is 0 Å². The molecule has 0 aromatic heterocycles. The van der Waals surface area contributed by atoms with Crippen LogP contribution in [0.1, 0.15) is 18.1 Å². The van der Waals surface area contributed by atoms with Crippen molar-refractivity contribution in [3.63, 3.8) is 0 Å². The van der Waals surface area contributed by atoms with Crippen molar-refractivity contribution in [1.29, 1.82) is 0 Å². The van der Waals surface area contributed by atoms with E-state index in [9.17, 15) is 0 Å². The second kappa shape index (κ2) is 13.3. The Balaban J connectivity index is 0.000000284. The van der Waals surface area contributed by atoms with Crippen LogP contribution in [0.5, 0.6) is 0 Å². The molecule has 0 fully saturated rings. The fourth-order valence-corrected chi connectivity index (χ4v) is 3.67. The summed E-state index contributed by atoms with van der Waals surface area (Å²) in [6.45, 7) is 4.34. The summed E-state index contributed by atoms with van der Waals surface area (Å²) in [4.78, 5) is 0. The summed E-state index contributed by atoms with van der Waals surface area (Å²) in [7, 11) is 2.97. The molecule has 5 aromatic carbocycles. The molecule has 0 atom stereocenters. The van der Waals surface area contributed by atoms with Gasteiger partial charge in [0.1, 0.15) is 0 Å². The predicted molar refractivity (Wildman–Crippen MR) is 137 cm³/mol. The number of hydrogen-bond acceptors (Lipinski definition) is 0. The molecular formula is C29H30SiTi-4. The summed E-state index contributed by atoms with van der Waals surface area (Å²) in [5.41, 5.74) is 5.38. The third-order valence-electron chi connectivity index (χ3n) is 5.07. The fourth-order valence-electron chi connectivity index (χ4n) is 3.67. The molecule has 0 amide bonds. The van der Waals surface area contributed by atoms with Gasteiger partial charge in [0.25, 0.3) is 0 Å². The van der Waals surface area contributed by atoms with E-state index in [2.05, 4.69) is 119 Å². The summed E-state index contributed by atoms with van der Waals surface area (Å²) < 4.78 is 0. The van der Waals surface area contributed by atoms with Crippen molar-refractivity contribution in [3.8, 4) is 11.1 Å². The molecule has 0 nitrogen and oxygen atoms in total. The molecule has 2 radical (unpaired) electrons. The van der Waals surface area contributed by atoms with Crippen LogP contribution in [-0.4, -0.2) is 7.63 Å². The van der Waals surface area contributed by atoms with Crippen molar-refractivity contribution in [1.82, 2.24) is 0 Å². The van der Waals surface area contributed by atoms with Crippen LogP contribution in [0.25, 0.3) is 32.7 Å². The summed E-state index contributed by atoms with van der Waals surface area (Å²) in [6.07, 6.45) is 1.13. The number of hydrogen-bond donors (Lipinski definition) is 0. The molecule has 158 valence electrons. The molecule has 0 spiro atoms. The van der Waals surface area contributed by atoms with Crippen molar-refractivity contribution < 1.29 is 19.2 Å². The SMILES string of the molecule is CCc1cc2ccccc2[cH-]1.Cc1cc2c(-c3ccccc3)cccc2[cH-]1.[CH3-].[CH3-].[Si]=[Ti]. The van der Waals surface area contributed by atoms with E-state index in [1.54, 1.807) is 19.2 Å². The summed E-state index contributed by atoms with van der Waals surface area (Å²) >= 11 is 1.81. The average Bonchev–Trinajstić information content (AvgIpc) is 3.38. The normalized spacial score (nSPS) is 9.45. The third kappa shape index (κ3) is 6.64. The van der Waals surface area contributed by atoms with Gasteiger partial charge in [-0.3, -0.25) is 0 Å². The zero-order valence-corrected chi connectivity index (χ0v) is 21.5. The van der Waals surface area contributed by atoms with Gasteiger partial charge in [-0.05, 0) is 12.0 Å². The van der Waals surface area contributed by atoms with Crippen molar-refractivity contribution in [3.05, 3.63) is 123 Å². The van der Waals surface area contributed by atoms with Gasteiger partial charge in [-0.25, -0.2) is 0 Å². The zero-order chi connectivity index (χ0) is 20.6. The molecule has 0 heterocycles. The standard InChI is InChI=1S/C16H13.C11H11.2CH3.Si.Ti/c1-12-10-14-8-5-9-15(16(14)11-12)13-6-3-2-4-7-13;1-2-9-7-10-5-3-4-6-11(10)8-9;;;;/h2-11H,1H3;3-8H,2H2,1H3;2*1H3;;/q4*-1;;. The molecule has 5 rings (SSSR count). The van der Waals surface area contributed by atoms with Crippen LogP contribution >= 0.6 is 0 Å². The second-order valence-corrected chi connectivity index (χ2v) is 7.05. The van der Waals surface area contributed by atoms with E-state index in [0.29, 0.717) is 0 Å². The molecule has 0 unspecified atom stereocenters. The van der Waals surface area contributed by atoms with Crippen LogP contribution in [0.3, 0.4) is 0 Å². The molecule has 0 aliphatic carbocycles. The molecule has 0 aliphatic heterocycles. The first-order valence-corrected chi connectivity index (χ1v) is 12.7. The predicted octanol–water partition coefficient (Wildman–Crippen LogP) is 8.17. The van der Waals surface area contributed by atoms with Crippen molar-refractivity contribution in [2.45, 2.75) is 20.3 Å². The van der Waals surface area contributed by atoms with Crippen LogP contribution in [-0.2, 0) is 25.6 Å². The molecule has 0 bridgehead atoms. The number of fused-ring (bicyclic) bond motifs is 2. The quantitative estimate of drug-likeness (QED) is 0.186. The maximum atomic E-state index is 2.97. The Hall–Kier alpha value is -2.19. The van der Waals surface area contributed by atoms with Crippen LogP contribution < -0.4 is 0 Å². The maximum absolute atomic E-state index is 2.97.